The lowest BCUT2D eigenvalue weighted by Crippen LogP contribution is -2.10. The molecule has 0 radical (unpaired) electrons. The van der Waals surface area contributed by atoms with Crippen molar-refractivity contribution in [2.45, 2.75) is 39.7 Å². The van der Waals surface area contributed by atoms with Crippen LogP contribution in [0.25, 0.3) is 0 Å². The Kier molecular flexibility index (Phi) is 8.66. The molecule has 0 N–H and O–H groups in total. The largest absolute Gasteiger partial charge is 0.491 e. The third-order valence-corrected chi connectivity index (χ3v) is 5.69. The molecule has 3 rings (SSSR count). The fraction of sp³-hybridized carbons (Fsp3) is 0.308. The van der Waals surface area contributed by atoms with Gasteiger partial charge in [-0.05, 0) is 62.4 Å². The Hall–Kier alpha value is -3.12. The predicted molar refractivity (Wildman–Crippen MR) is 126 cm³/mol. The molecule has 0 spiro atoms. The minimum atomic E-state index is -0.207. The minimum absolute atomic E-state index is 0.148. The van der Waals surface area contributed by atoms with E-state index < -0.39 is 0 Å². The zero-order valence-electron chi connectivity index (χ0n) is 19.0. The molecule has 3 aromatic rings. The number of hydrogen-bond acceptors (Lipinski definition) is 5. The van der Waals surface area contributed by atoms with E-state index in [1.807, 2.05) is 24.3 Å². The molecular formula is C26H27ClFNO4. The maximum absolute atomic E-state index is 13.8. The first kappa shape index (κ1) is 24.5. The Morgan fingerprint density at radius 2 is 1.79 bits per heavy atom. The van der Waals surface area contributed by atoms with Crippen LogP contribution in [0.15, 0.2) is 48.7 Å². The monoisotopic (exact) mass is 471 g/mol. The Labute approximate surface area is 198 Å². The molecule has 0 unspecified atom stereocenters. The topological polar surface area (TPSA) is 57.7 Å². The third-order valence-electron chi connectivity index (χ3n) is 5.23. The van der Waals surface area contributed by atoms with E-state index in [2.05, 4.69) is 4.98 Å². The number of benzene rings is 2. The first-order chi connectivity index (χ1) is 15.9. The molecule has 0 aliphatic heterocycles. The van der Waals surface area contributed by atoms with Gasteiger partial charge in [-0.3, -0.25) is 9.78 Å². The van der Waals surface area contributed by atoms with E-state index in [9.17, 15) is 9.18 Å². The van der Waals surface area contributed by atoms with Gasteiger partial charge in [0, 0.05) is 6.20 Å². The van der Waals surface area contributed by atoms with Crippen molar-refractivity contribution in [2.24, 2.45) is 0 Å². The maximum Gasteiger partial charge on any atom is 0.205 e. The number of unbranched alkanes of at least 4 members (excludes halogenated alkanes) is 1. The second-order valence-corrected chi connectivity index (χ2v) is 7.95. The summed E-state index contributed by atoms with van der Waals surface area (Å²) in [6.45, 7) is 3.67. The number of nitrogens with zero attached hydrogens (tertiary/aromatic N) is 1. The molecule has 1 heterocycles. The second-order valence-electron chi connectivity index (χ2n) is 7.57. The fourth-order valence-electron chi connectivity index (χ4n) is 3.56. The van der Waals surface area contributed by atoms with Gasteiger partial charge in [0.15, 0.2) is 17.3 Å². The van der Waals surface area contributed by atoms with Gasteiger partial charge < -0.3 is 14.2 Å². The first-order valence-corrected chi connectivity index (χ1v) is 11.1. The van der Waals surface area contributed by atoms with Gasteiger partial charge in [-0.25, -0.2) is 4.39 Å². The summed E-state index contributed by atoms with van der Waals surface area (Å²) in [5, 5.41) is 0.300. The lowest BCUT2D eigenvalue weighted by molar-refractivity contribution is 0.101. The summed E-state index contributed by atoms with van der Waals surface area (Å²) in [6.07, 6.45) is 3.67. The molecule has 0 saturated heterocycles. The quantitative estimate of drug-likeness (QED) is 0.240. The van der Waals surface area contributed by atoms with Gasteiger partial charge in [-0.15, -0.1) is 0 Å². The predicted octanol–water partition coefficient (Wildman–Crippen LogP) is 6.37. The minimum Gasteiger partial charge on any atom is -0.491 e. The number of aryl methyl sites for hydroxylation is 1. The Balaban J connectivity index is 1.81. The van der Waals surface area contributed by atoms with Gasteiger partial charge in [-0.2, -0.15) is 0 Å². The van der Waals surface area contributed by atoms with Gasteiger partial charge in [0.2, 0.25) is 5.75 Å². The standard InChI is InChI=1S/C26H27ClFNO4/c1-17-22(18(2)30)24(33-16-20-12-6-8-14-29-20)26(25(31-3)23(17)27)32-15-9-7-11-19-10-4-5-13-21(19)28/h4-6,8,10,12-14H,7,9,11,15-16H2,1-3H3. The molecule has 0 aliphatic rings. The molecule has 0 atom stereocenters. The average molecular weight is 472 g/mol. The van der Waals surface area contributed by atoms with Crippen molar-refractivity contribution < 1.29 is 23.4 Å². The van der Waals surface area contributed by atoms with E-state index in [-0.39, 0.29) is 29.7 Å². The van der Waals surface area contributed by atoms with E-state index >= 15 is 0 Å². The number of methoxy groups -OCH3 is 1. The van der Waals surface area contributed by atoms with Crippen LogP contribution >= 0.6 is 11.6 Å². The molecule has 1 aromatic heterocycles. The number of rotatable bonds is 11. The van der Waals surface area contributed by atoms with Crippen molar-refractivity contribution in [3.63, 3.8) is 0 Å². The highest BCUT2D eigenvalue weighted by atomic mass is 35.5. The van der Waals surface area contributed by atoms with Crippen LogP contribution in [-0.4, -0.2) is 24.5 Å². The van der Waals surface area contributed by atoms with Crippen LogP contribution in [-0.2, 0) is 13.0 Å². The highest BCUT2D eigenvalue weighted by molar-refractivity contribution is 6.34. The summed E-state index contributed by atoms with van der Waals surface area (Å²) in [5.74, 6) is 0.463. The molecule has 0 fully saturated rings. The normalized spacial score (nSPS) is 10.7. The highest BCUT2D eigenvalue weighted by Crippen LogP contribution is 2.48. The van der Waals surface area contributed by atoms with E-state index in [1.54, 1.807) is 25.3 Å². The lowest BCUT2D eigenvalue weighted by atomic mass is 10.0. The third kappa shape index (κ3) is 6.02. The van der Waals surface area contributed by atoms with Crippen molar-refractivity contribution in [3.05, 3.63) is 81.9 Å². The SMILES string of the molecule is COc1c(Cl)c(C)c(C(C)=O)c(OCc2ccccn2)c1OCCCCc1ccccc1F. The molecule has 0 aliphatic carbocycles. The van der Waals surface area contributed by atoms with Crippen molar-refractivity contribution in [1.82, 2.24) is 4.98 Å². The Bertz CT molecular complexity index is 1110. The number of pyridine rings is 1. The number of aromatic nitrogens is 1. The van der Waals surface area contributed by atoms with Gasteiger partial charge >= 0.3 is 0 Å². The summed E-state index contributed by atoms with van der Waals surface area (Å²) in [5.41, 5.74) is 2.28. The van der Waals surface area contributed by atoms with Crippen molar-refractivity contribution >= 4 is 17.4 Å². The van der Waals surface area contributed by atoms with Gasteiger partial charge in [0.25, 0.3) is 0 Å². The number of Topliss-reactive ketones (excluding diaryl/α,β-unsaturated/α-hetero) is 1. The van der Waals surface area contributed by atoms with Crippen molar-refractivity contribution in [2.75, 3.05) is 13.7 Å². The Morgan fingerprint density at radius 3 is 2.45 bits per heavy atom. The summed E-state index contributed by atoms with van der Waals surface area (Å²) in [4.78, 5) is 16.7. The van der Waals surface area contributed by atoms with Crippen LogP contribution in [0.4, 0.5) is 4.39 Å². The maximum atomic E-state index is 13.8. The number of carbonyl (C=O) groups is 1. The molecule has 174 valence electrons. The molecule has 0 amide bonds. The second kappa shape index (κ2) is 11.7. The van der Waals surface area contributed by atoms with Crippen LogP contribution in [0.3, 0.4) is 0 Å². The van der Waals surface area contributed by atoms with E-state index in [0.717, 1.165) is 6.42 Å². The zero-order valence-corrected chi connectivity index (χ0v) is 19.7. The van der Waals surface area contributed by atoms with Crippen LogP contribution < -0.4 is 14.2 Å². The molecule has 33 heavy (non-hydrogen) atoms. The Morgan fingerprint density at radius 1 is 1.03 bits per heavy atom. The van der Waals surface area contributed by atoms with E-state index in [1.165, 1.54) is 20.1 Å². The fourth-order valence-corrected chi connectivity index (χ4v) is 3.82. The molecule has 0 saturated carbocycles. The molecular weight excluding hydrogens is 445 g/mol. The van der Waals surface area contributed by atoms with Crippen LogP contribution in [0.5, 0.6) is 17.2 Å². The zero-order chi connectivity index (χ0) is 23.8. The summed E-state index contributed by atoms with van der Waals surface area (Å²) < 4.78 is 31.4. The number of hydrogen-bond donors (Lipinski definition) is 0. The summed E-state index contributed by atoms with van der Waals surface area (Å²) in [6, 6.07) is 12.2. The van der Waals surface area contributed by atoms with Crippen molar-refractivity contribution in [3.8, 4) is 17.2 Å². The van der Waals surface area contributed by atoms with Crippen LogP contribution in [0.1, 0.15) is 46.9 Å². The number of ketones is 1. The smallest absolute Gasteiger partial charge is 0.205 e. The molecule has 2 aromatic carbocycles. The van der Waals surface area contributed by atoms with Gasteiger partial charge in [0.1, 0.15) is 12.4 Å². The lowest BCUT2D eigenvalue weighted by Gasteiger charge is -2.21. The number of carbonyl (C=O) groups excluding carboxylic acids is 1. The summed E-state index contributed by atoms with van der Waals surface area (Å²) in [7, 11) is 1.49. The first-order valence-electron chi connectivity index (χ1n) is 10.7. The number of halogens is 2. The van der Waals surface area contributed by atoms with Gasteiger partial charge in [-0.1, -0.05) is 35.9 Å². The van der Waals surface area contributed by atoms with E-state index in [0.29, 0.717) is 52.6 Å². The number of ether oxygens (including phenoxy) is 3. The summed E-state index contributed by atoms with van der Waals surface area (Å²) >= 11 is 6.51. The van der Waals surface area contributed by atoms with Crippen molar-refractivity contribution in [1.29, 1.82) is 0 Å². The molecule has 0 bridgehead atoms. The van der Waals surface area contributed by atoms with Crippen LogP contribution in [0, 0.1) is 12.7 Å². The molecule has 7 heteroatoms. The molecule has 5 nitrogen and oxygen atoms in total. The van der Waals surface area contributed by atoms with Gasteiger partial charge in [0.05, 0.1) is 30.0 Å². The van der Waals surface area contributed by atoms with Crippen LogP contribution in [0.2, 0.25) is 5.02 Å². The highest BCUT2D eigenvalue weighted by Gasteiger charge is 2.27. The average Bonchev–Trinajstić information content (AvgIpc) is 2.81. The van der Waals surface area contributed by atoms with E-state index in [4.69, 9.17) is 25.8 Å².